The molecule has 0 unspecified atom stereocenters. The van der Waals surface area contributed by atoms with E-state index in [1.165, 1.54) is 28.0 Å². The van der Waals surface area contributed by atoms with Crippen molar-refractivity contribution in [3.8, 4) is 11.3 Å². The fraction of sp³-hybridized carbons (Fsp3) is 0.200. The number of carboxylic acid groups (broad SMARTS) is 1. The highest BCUT2D eigenvalue weighted by atomic mass is 32.1. The molecule has 0 bridgehead atoms. The van der Waals surface area contributed by atoms with Gasteiger partial charge in [-0.05, 0) is 55.8 Å². The van der Waals surface area contributed by atoms with Crippen LogP contribution < -0.4 is 19.8 Å². The van der Waals surface area contributed by atoms with Gasteiger partial charge in [-0.25, -0.2) is 14.6 Å². The van der Waals surface area contributed by atoms with E-state index in [4.69, 9.17) is 14.3 Å². The second kappa shape index (κ2) is 10.8. The predicted molar refractivity (Wildman–Crippen MR) is 152 cm³/mol. The van der Waals surface area contributed by atoms with Gasteiger partial charge in [0.2, 0.25) is 0 Å². The molecule has 4 aromatic rings. The molecule has 5 rings (SSSR count). The second-order valence-corrected chi connectivity index (χ2v) is 10.4. The number of benzene rings is 2. The number of hydrogen-bond acceptors (Lipinski definition) is 8. The standard InChI is InChI=1S/C30H27N3O6S/c1-5-38-29(37)25-17(2)31-30-33(26(25)19-10-12-21(13-11-19)32(3)4)27(34)24(40-30)16-22-14-15-23(39-22)18-6-8-20(9-7-18)28(35)36/h6-16,26H,5H2,1-4H3,(H,35,36)/b24-16-/t26-/m1/s1. The molecule has 1 aliphatic rings. The zero-order valence-electron chi connectivity index (χ0n) is 22.4. The maximum Gasteiger partial charge on any atom is 0.338 e. The minimum absolute atomic E-state index is 0.181. The summed E-state index contributed by atoms with van der Waals surface area (Å²) in [6.07, 6.45) is 1.65. The van der Waals surface area contributed by atoms with Gasteiger partial charge in [0.15, 0.2) is 4.80 Å². The Bertz CT molecular complexity index is 1810. The Morgan fingerprint density at radius 1 is 1.10 bits per heavy atom. The van der Waals surface area contributed by atoms with E-state index in [0.29, 0.717) is 37.7 Å². The number of nitrogens with zero attached hydrogens (tertiary/aromatic N) is 3. The average molecular weight is 558 g/mol. The Labute approximate surface area is 233 Å². The number of carbonyl (C=O) groups excluding carboxylic acids is 1. The second-order valence-electron chi connectivity index (χ2n) is 9.37. The fourth-order valence-electron chi connectivity index (χ4n) is 4.55. The van der Waals surface area contributed by atoms with Crippen LogP contribution in [0, 0.1) is 0 Å². The smallest absolute Gasteiger partial charge is 0.338 e. The van der Waals surface area contributed by atoms with E-state index in [9.17, 15) is 14.4 Å². The maximum atomic E-state index is 13.8. The number of furan rings is 1. The Hall–Kier alpha value is -4.70. The number of hydrogen-bond donors (Lipinski definition) is 1. The van der Waals surface area contributed by atoms with Crippen molar-refractivity contribution in [3.05, 3.63) is 109 Å². The number of esters is 1. The first kappa shape index (κ1) is 26.9. The van der Waals surface area contributed by atoms with Crippen LogP contribution in [0.5, 0.6) is 0 Å². The number of rotatable bonds is 7. The third-order valence-corrected chi connectivity index (χ3v) is 7.54. The summed E-state index contributed by atoms with van der Waals surface area (Å²) in [5.41, 5.74) is 3.16. The number of aromatic nitrogens is 1. The monoisotopic (exact) mass is 557 g/mol. The molecule has 204 valence electrons. The average Bonchev–Trinajstić information content (AvgIpc) is 3.52. The van der Waals surface area contributed by atoms with Gasteiger partial charge >= 0.3 is 11.9 Å². The van der Waals surface area contributed by atoms with Crippen LogP contribution in [0.1, 0.15) is 41.6 Å². The molecule has 0 saturated heterocycles. The lowest BCUT2D eigenvalue weighted by atomic mass is 9.95. The van der Waals surface area contributed by atoms with E-state index in [1.807, 2.05) is 43.3 Å². The normalized spacial score (nSPS) is 15.0. The van der Waals surface area contributed by atoms with Gasteiger partial charge in [-0.1, -0.05) is 35.6 Å². The van der Waals surface area contributed by atoms with Crippen LogP contribution in [0.15, 0.2) is 86.1 Å². The molecule has 0 spiro atoms. The molecule has 2 aromatic carbocycles. The number of carboxylic acids is 1. The Balaban J connectivity index is 1.59. The molecule has 0 radical (unpaired) electrons. The van der Waals surface area contributed by atoms with Gasteiger partial charge in [-0.2, -0.15) is 0 Å². The first-order valence-electron chi connectivity index (χ1n) is 12.6. The van der Waals surface area contributed by atoms with E-state index in [2.05, 4.69) is 4.99 Å². The number of thiazole rings is 1. The quantitative estimate of drug-likeness (QED) is 0.344. The molecule has 10 heteroatoms. The number of aromatic carboxylic acids is 1. The lowest BCUT2D eigenvalue weighted by Gasteiger charge is -2.25. The summed E-state index contributed by atoms with van der Waals surface area (Å²) in [4.78, 5) is 45.0. The molecule has 1 aliphatic heterocycles. The van der Waals surface area contributed by atoms with E-state index in [0.717, 1.165) is 11.3 Å². The van der Waals surface area contributed by atoms with Crippen molar-refractivity contribution < 1.29 is 23.8 Å². The van der Waals surface area contributed by atoms with Crippen molar-refractivity contribution in [2.45, 2.75) is 19.9 Å². The SMILES string of the molecule is CCOC(=O)C1=C(C)N=c2s/c(=C\c3ccc(-c4ccc(C(=O)O)cc4)o3)c(=O)n2[C@@H]1c1ccc(N(C)C)cc1. The van der Waals surface area contributed by atoms with Crippen LogP contribution in [0.25, 0.3) is 17.4 Å². The van der Waals surface area contributed by atoms with Crippen LogP contribution in [0.2, 0.25) is 0 Å². The van der Waals surface area contributed by atoms with Gasteiger partial charge in [-0.3, -0.25) is 9.36 Å². The highest BCUT2D eigenvalue weighted by molar-refractivity contribution is 7.07. The summed E-state index contributed by atoms with van der Waals surface area (Å²) in [6, 6.07) is 16.8. The summed E-state index contributed by atoms with van der Waals surface area (Å²) in [5.74, 6) is -0.522. The van der Waals surface area contributed by atoms with E-state index in [1.54, 1.807) is 44.2 Å². The highest BCUT2D eigenvalue weighted by Gasteiger charge is 2.33. The van der Waals surface area contributed by atoms with Crippen molar-refractivity contribution >= 4 is 35.0 Å². The van der Waals surface area contributed by atoms with Crippen molar-refractivity contribution in [1.29, 1.82) is 0 Å². The fourth-order valence-corrected chi connectivity index (χ4v) is 5.58. The van der Waals surface area contributed by atoms with E-state index >= 15 is 0 Å². The summed E-state index contributed by atoms with van der Waals surface area (Å²) in [7, 11) is 3.88. The van der Waals surface area contributed by atoms with Gasteiger partial charge in [0, 0.05) is 31.4 Å². The van der Waals surface area contributed by atoms with Gasteiger partial charge in [-0.15, -0.1) is 0 Å². The van der Waals surface area contributed by atoms with Crippen LogP contribution >= 0.6 is 11.3 Å². The number of fused-ring (bicyclic) bond motifs is 1. The largest absolute Gasteiger partial charge is 0.478 e. The van der Waals surface area contributed by atoms with E-state index < -0.39 is 18.0 Å². The molecule has 3 heterocycles. The lowest BCUT2D eigenvalue weighted by Crippen LogP contribution is -2.39. The molecule has 0 fully saturated rings. The molecule has 2 aromatic heterocycles. The zero-order chi connectivity index (χ0) is 28.6. The van der Waals surface area contributed by atoms with E-state index in [-0.39, 0.29) is 17.7 Å². The molecule has 0 amide bonds. The molecular weight excluding hydrogens is 530 g/mol. The van der Waals surface area contributed by atoms with Gasteiger partial charge in [0.25, 0.3) is 5.56 Å². The third kappa shape index (κ3) is 5.01. The highest BCUT2D eigenvalue weighted by Crippen LogP contribution is 2.31. The van der Waals surface area contributed by atoms with Crippen LogP contribution in [0.4, 0.5) is 5.69 Å². The molecule has 9 nitrogen and oxygen atoms in total. The number of carbonyl (C=O) groups is 2. The molecule has 1 atom stereocenters. The number of ether oxygens (including phenoxy) is 1. The molecule has 40 heavy (non-hydrogen) atoms. The topological polar surface area (TPSA) is 114 Å². The van der Waals surface area contributed by atoms with Gasteiger partial charge < -0.3 is 19.2 Å². The third-order valence-electron chi connectivity index (χ3n) is 6.56. The minimum Gasteiger partial charge on any atom is -0.478 e. The van der Waals surface area contributed by atoms with Crippen LogP contribution in [-0.4, -0.2) is 42.3 Å². The summed E-state index contributed by atoms with van der Waals surface area (Å²) in [6.45, 7) is 3.69. The van der Waals surface area contributed by atoms with Crippen molar-refractivity contribution in [2.24, 2.45) is 4.99 Å². The van der Waals surface area contributed by atoms with Gasteiger partial charge in [0.1, 0.15) is 11.5 Å². The minimum atomic E-state index is -1.00. The Morgan fingerprint density at radius 3 is 2.42 bits per heavy atom. The van der Waals surface area contributed by atoms with Gasteiger partial charge in [0.05, 0.1) is 34.0 Å². The Morgan fingerprint density at radius 2 is 1.80 bits per heavy atom. The number of anilines is 1. The first-order valence-corrected chi connectivity index (χ1v) is 13.4. The van der Waals surface area contributed by atoms with Crippen molar-refractivity contribution in [1.82, 2.24) is 4.57 Å². The predicted octanol–water partition coefficient (Wildman–Crippen LogP) is 3.82. The number of allylic oxidation sites excluding steroid dienone is 1. The molecular formula is C30H27N3O6S. The summed E-state index contributed by atoms with van der Waals surface area (Å²) < 4.78 is 13.2. The van der Waals surface area contributed by atoms with Crippen LogP contribution in [-0.2, 0) is 9.53 Å². The maximum absolute atomic E-state index is 13.8. The molecule has 0 aliphatic carbocycles. The van der Waals surface area contributed by atoms with Crippen molar-refractivity contribution in [3.63, 3.8) is 0 Å². The van der Waals surface area contributed by atoms with Crippen molar-refractivity contribution in [2.75, 3.05) is 25.6 Å². The van der Waals surface area contributed by atoms with Crippen LogP contribution in [0.3, 0.4) is 0 Å². The first-order chi connectivity index (χ1) is 19.2. The lowest BCUT2D eigenvalue weighted by molar-refractivity contribution is -0.139. The molecule has 0 saturated carbocycles. The summed E-state index contributed by atoms with van der Waals surface area (Å²) in [5, 5.41) is 9.13. The molecule has 1 N–H and O–H groups in total. The Kier molecular flexibility index (Phi) is 7.27. The summed E-state index contributed by atoms with van der Waals surface area (Å²) >= 11 is 1.21. The zero-order valence-corrected chi connectivity index (χ0v) is 23.2.